The van der Waals surface area contributed by atoms with E-state index in [1.165, 1.54) is 11.8 Å². The fourth-order valence-electron chi connectivity index (χ4n) is 3.37. The smallest absolute Gasteiger partial charge is 0.326 e. The molecule has 0 saturated carbocycles. The van der Waals surface area contributed by atoms with Gasteiger partial charge in [-0.05, 0) is 32.7 Å². The van der Waals surface area contributed by atoms with Crippen LogP contribution in [0.25, 0.3) is 0 Å². The van der Waals surface area contributed by atoms with Crippen LogP contribution < -0.4 is 5.32 Å². The Morgan fingerprint density at radius 2 is 2.19 bits per heavy atom. The molecule has 120 valence electrons. The molecule has 7 heteroatoms. The lowest BCUT2D eigenvalue weighted by atomic mass is 10.1. The number of hydrogen-bond acceptors (Lipinski definition) is 4. The van der Waals surface area contributed by atoms with Gasteiger partial charge in [0.2, 0.25) is 5.91 Å². The van der Waals surface area contributed by atoms with Gasteiger partial charge in [0.05, 0.1) is 0 Å². The number of amides is 1. The van der Waals surface area contributed by atoms with Gasteiger partial charge in [-0.1, -0.05) is 6.92 Å². The summed E-state index contributed by atoms with van der Waals surface area (Å²) in [5, 5.41) is 11.9. The topological polar surface area (TPSA) is 72.9 Å². The Balaban J connectivity index is 2.23. The van der Waals surface area contributed by atoms with Gasteiger partial charge in [0.25, 0.3) is 0 Å². The maximum absolute atomic E-state index is 13.3. The van der Waals surface area contributed by atoms with E-state index in [-0.39, 0.29) is 11.9 Å². The molecule has 1 unspecified atom stereocenters. The lowest BCUT2D eigenvalue weighted by Gasteiger charge is -2.38. The number of nitrogens with zero attached hydrogens (tertiary/aromatic N) is 2. The Labute approximate surface area is 124 Å². The van der Waals surface area contributed by atoms with Crippen LogP contribution in [0.3, 0.4) is 0 Å². The summed E-state index contributed by atoms with van der Waals surface area (Å²) in [6.45, 7) is 5.36. The Morgan fingerprint density at radius 3 is 2.76 bits per heavy atom. The minimum atomic E-state index is -1.30. The van der Waals surface area contributed by atoms with Gasteiger partial charge in [-0.15, -0.1) is 0 Å². The molecular weight excluding hydrogens is 277 g/mol. The largest absolute Gasteiger partial charge is 0.480 e. The number of hydrogen-bond donors (Lipinski definition) is 2. The van der Waals surface area contributed by atoms with Crippen LogP contribution in [0.2, 0.25) is 0 Å². The second-order valence-electron chi connectivity index (χ2n) is 5.85. The summed E-state index contributed by atoms with van der Waals surface area (Å²) in [5.41, 5.74) is 0. The average molecular weight is 301 g/mol. The van der Waals surface area contributed by atoms with Crippen LogP contribution >= 0.6 is 0 Å². The summed E-state index contributed by atoms with van der Waals surface area (Å²) >= 11 is 0. The molecule has 21 heavy (non-hydrogen) atoms. The number of alkyl halides is 1. The maximum atomic E-state index is 13.3. The van der Waals surface area contributed by atoms with Crippen molar-refractivity contribution in [3.8, 4) is 0 Å². The fourth-order valence-corrected chi connectivity index (χ4v) is 3.37. The Bertz CT molecular complexity index is 405. The summed E-state index contributed by atoms with van der Waals surface area (Å²) in [6.07, 6.45) is 0.663. The predicted molar refractivity (Wildman–Crippen MR) is 75.5 cm³/mol. The highest BCUT2D eigenvalue weighted by Gasteiger charge is 2.44. The molecule has 1 amide bonds. The zero-order valence-corrected chi connectivity index (χ0v) is 12.6. The van der Waals surface area contributed by atoms with E-state index in [9.17, 15) is 19.1 Å². The van der Waals surface area contributed by atoms with Gasteiger partial charge in [-0.25, -0.2) is 9.18 Å². The summed E-state index contributed by atoms with van der Waals surface area (Å²) in [7, 11) is 0. The van der Waals surface area contributed by atoms with Gasteiger partial charge in [-0.3, -0.25) is 10.1 Å². The van der Waals surface area contributed by atoms with Crippen molar-refractivity contribution in [3.05, 3.63) is 0 Å². The van der Waals surface area contributed by atoms with Crippen LogP contribution in [0.4, 0.5) is 4.39 Å². The van der Waals surface area contributed by atoms with Crippen LogP contribution in [0.15, 0.2) is 0 Å². The molecule has 2 heterocycles. The molecule has 0 radical (unpaired) electrons. The minimum Gasteiger partial charge on any atom is -0.480 e. The van der Waals surface area contributed by atoms with E-state index in [1.54, 1.807) is 0 Å². The number of carboxylic acid groups (broad SMARTS) is 1. The lowest BCUT2D eigenvalue weighted by Crippen LogP contribution is -2.59. The monoisotopic (exact) mass is 301 g/mol. The first-order chi connectivity index (χ1) is 9.93. The van der Waals surface area contributed by atoms with Gasteiger partial charge in [-0.2, -0.15) is 0 Å². The molecule has 0 aromatic heterocycles. The first kappa shape index (κ1) is 16.2. The number of aliphatic carboxylic acids is 1. The average Bonchev–Trinajstić information content (AvgIpc) is 2.83. The van der Waals surface area contributed by atoms with Crippen molar-refractivity contribution < 1.29 is 19.1 Å². The highest BCUT2D eigenvalue weighted by atomic mass is 19.1. The summed E-state index contributed by atoms with van der Waals surface area (Å²) < 4.78 is 13.3. The lowest BCUT2D eigenvalue weighted by molar-refractivity contribution is -0.151. The zero-order valence-electron chi connectivity index (χ0n) is 12.6. The second-order valence-corrected chi connectivity index (χ2v) is 5.85. The van der Waals surface area contributed by atoms with Crippen LogP contribution in [0, 0.1) is 0 Å². The second kappa shape index (κ2) is 6.70. The molecule has 4 atom stereocenters. The van der Waals surface area contributed by atoms with Crippen LogP contribution in [0.1, 0.15) is 33.1 Å². The molecule has 6 nitrogen and oxygen atoms in total. The van der Waals surface area contributed by atoms with Gasteiger partial charge in [0, 0.05) is 19.1 Å². The first-order valence-corrected chi connectivity index (χ1v) is 7.61. The van der Waals surface area contributed by atoms with E-state index in [2.05, 4.69) is 10.2 Å². The molecule has 2 saturated heterocycles. The van der Waals surface area contributed by atoms with Gasteiger partial charge in [0.15, 0.2) is 0 Å². The third-order valence-electron chi connectivity index (χ3n) is 4.44. The van der Waals surface area contributed by atoms with Crippen molar-refractivity contribution in [2.45, 2.75) is 57.5 Å². The Hall–Kier alpha value is -1.21. The van der Waals surface area contributed by atoms with Gasteiger partial charge >= 0.3 is 5.97 Å². The predicted octanol–water partition coefficient (Wildman–Crippen LogP) is 0.430. The van der Waals surface area contributed by atoms with Crippen LogP contribution in [0.5, 0.6) is 0 Å². The summed E-state index contributed by atoms with van der Waals surface area (Å²) in [5.74, 6) is -1.25. The highest BCUT2D eigenvalue weighted by molar-refractivity contribution is 5.88. The summed E-state index contributed by atoms with van der Waals surface area (Å²) in [6, 6.07) is -1.50. The quantitative estimate of drug-likeness (QED) is 0.737. The van der Waals surface area contributed by atoms with E-state index in [0.717, 1.165) is 19.5 Å². The van der Waals surface area contributed by atoms with Crippen molar-refractivity contribution in [2.24, 2.45) is 0 Å². The third-order valence-corrected chi connectivity index (χ3v) is 4.44. The molecule has 2 N–H and O–H groups in total. The Morgan fingerprint density at radius 1 is 1.48 bits per heavy atom. The van der Waals surface area contributed by atoms with E-state index in [1.807, 2.05) is 6.92 Å². The minimum absolute atomic E-state index is 0.0489. The van der Waals surface area contributed by atoms with Crippen molar-refractivity contribution in [1.29, 1.82) is 0 Å². The number of carbonyl (C=O) groups excluding carboxylic acids is 1. The number of carboxylic acids is 1. The van der Waals surface area contributed by atoms with Crippen molar-refractivity contribution in [2.75, 3.05) is 19.6 Å². The molecule has 2 rings (SSSR count). The molecule has 0 spiro atoms. The first-order valence-electron chi connectivity index (χ1n) is 7.61. The van der Waals surface area contributed by atoms with E-state index in [4.69, 9.17) is 0 Å². The highest BCUT2D eigenvalue weighted by Crippen LogP contribution is 2.29. The van der Waals surface area contributed by atoms with E-state index < -0.39 is 24.3 Å². The normalized spacial score (nSPS) is 32.4. The summed E-state index contributed by atoms with van der Waals surface area (Å²) in [4.78, 5) is 27.6. The molecule has 2 fully saturated rings. The number of likely N-dealkylation sites (N-methyl/N-ethyl adjacent to an activating group) is 1. The molecule has 2 aliphatic rings. The standard InChI is InChI=1S/C14H24FN3O3/c1-3-17-7-6-10-4-5-12(14(20)21)18(10)13(19)11(8-17)16-9(2)15/h9-12,16H,3-8H2,1-2H3,(H,20,21)/t9?,10-,11+,12+/m1/s1. The number of halogens is 1. The number of carbonyl (C=O) groups is 2. The molecular formula is C14H24FN3O3. The number of rotatable bonds is 4. The SMILES string of the molecule is CCN1CC[C@H]2CC[C@@H](C(=O)O)N2C(=O)[C@@H](NC(C)F)C1. The van der Waals surface area contributed by atoms with Crippen molar-refractivity contribution in [1.82, 2.24) is 15.1 Å². The molecule has 0 bridgehead atoms. The Kier molecular flexibility index (Phi) is 5.16. The molecule has 0 aromatic carbocycles. The van der Waals surface area contributed by atoms with Gasteiger partial charge in [0.1, 0.15) is 18.4 Å². The number of nitrogens with one attached hydrogen (secondary N) is 1. The van der Waals surface area contributed by atoms with E-state index in [0.29, 0.717) is 19.4 Å². The molecule has 2 aliphatic heterocycles. The molecule has 0 aliphatic carbocycles. The van der Waals surface area contributed by atoms with Crippen molar-refractivity contribution >= 4 is 11.9 Å². The third kappa shape index (κ3) is 3.52. The van der Waals surface area contributed by atoms with Gasteiger partial charge < -0.3 is 14.9 Å². The van der Waals surface area contributed by atoms with Crippen molar-refractivity contribution in [3.63, 3.8) is 0 Å². The van der Waals surface area contributed by atoms with Crippen LogP contribution in [-0.4, -0.2) is 70.8 Å². The van der Waals surface area contributed by atoms with E-state index >= 15 is 0 Å². The van der Waals surface area contributed by atoms with Crippen LogP contribution in [-0.2, 0) is 9.59 Å². The maximum Gasteiger partial charge on any atom is 0.326 e. The fraction of sp³-hybridized carbons (Fsp3) is 0.857. The molecule has 0 aromatic rings. The number of fused-ring (bicyclic) bond motifs is 1. The zero-order chi connectivity index (χ0) is 15.6.